The third-order valence-electron chi connectivity index (χ3n) is 1.11. The Bertz CT molecular complexity index is 147. The second-order valence-corrected chi connectivity index (χ2v) is 3.09. The van der Waals surface area contributed by atoms with Gasteiger partial charge in [0.25, 0.3) is 0 Å². The van der Waals surface area contributed by atoms with E-state index < -0.39 is 5.97 Å². The van der Waals surface area contributed by atoms with E-state index in [2.05, 4.69) is 11.5 Å². The summed E-state index contributed by atoms with van der Waals surface area (Å²) in [4.78, 5) is 12.7. The van der Waals surface area contributed by atoms with E-state index in [-0.39, 0.29) is 18.6 Å². The van der Waals surface area contributed by atoms with E-state index in [1.165, 1.54) is 0 Å². The maximum Gasteiger partial charge on any atom is 0.365 e. The second-order valence-electron chi connectivity index (χ2n) is 3.09. The Labute approximate surface area is 77.2 Å². The van der Waals surface area contributed by atoms with Gasteiger partial charge in [0, 0.05) is 11.5 Å². The van der Waals surface area contributed by atoms with Crippen LogP contribution in [0.2, 0.25) is 0 Å². The smallest absolute Gasteiger partial charge is 0.365 e. The molecular weight excluding hydrogens is 176 g/mol. The molecule has 0 aliphatic heterocycles. The van der Waals surface area contributed by atoms with Crippen LogP contribution >= 0.6 is 0 Å². The van der Waals surface area contributed by atoms with Crippen LogP contribution in [0.15, 0.2) is 12.7 Å². The lowest BCUT2D eigenvalue weighted by Gasteiger charge is -2.16. The summed E-state index contributed by atoms with van der Waals surface area (Å²) in [5.41, 5.74) is -0.306. The predicted octanol–water partition coefficient (Wildman–Crippen LogP) is 0.186. The third kappa shape index (κ3) is 11.1. The first kappa shape index (κ1) is 14.6. The number of carbonyl (C=O) groups excluding carboxylic acids is 1. The summed E-state index contributed by atoms with van der Waals surface area (Å²) in [6.07, 6.45) is 0.861. The molecule has 0 unspecified atom stereocenters. The Morgan fingerprint density at radius 1 is 1.46 bits per heavy atom. The molecule has 5 nitrogen and oxygen atoms in total. The van der Waals surface area contributed by atoms with Crippen LogP contribution < -0.4 is 0 Å². The standard InChI is InChI=1S/C5H12O2.C3H4O3/c1-5(2,3-6)4-7;1-2-3(4)6-5/h6-7H,3-4H2,1-2H3;2,5H,1H2. The van der Waals surface area contributed by atoms with Crippen molar-refractivity contribution in [3.05, 3.63) is 12.7 Å². The first-order valence-corrected chi connectivity index (χ1v) is 3.63. The van der Waals surface area contributed by atoms with Crippen molar-refractivity contribution in [2.75, 3.05) is 13.2 Å². The molecule has 5 heteroatoms. The molecule has 0 aliphatic rings. The summed E-state index contributed by atoms with van der Waals surface area (Å²) in [7, 11) is 0. The molecule has 0 atom stereocenters. The van der Waals surface area contributed by atoms with Crippen molar-refractivity contribution < 1.29 is 25.2 Å². The molecule has 0 heterocycles. The van der Waals surface area contributed by atoms with Crippen molar-refractivity contribution >= 4 is 5.97 Å². The van der Waals surface area contributed by atoms with Crippen LogP contribution in [0.1, 0.15) is 13.8 Å². The monoisotopic (exact) mass is 192 g/mol. The van der Waals surface area contributed by atoms with Crippen LogP contribution in [-0.2, 0) is 9.68 Å². The molecule has 0 saturated heterocycles. The van der Waals surface area contributed by atoms with Crippen molar-refractivity contribution in [3.8, 4) is 0 Å². The summed E-state index contributed by atoms with van der Waals surface area (Å²) in [5.74, 6) is -0.838. The van der Waals surface area contributed by atoms with Crippen molar-refractivity contribution in [2.24, 2.45) is 5.41 Å². The maximum atomic E-state index is 9.59. The van der Waals surface area contributed by atoms with Crippen LogP contribution in [0.4, 0.5) is 0 Å². The van der Waals surface area contributed by atoms with E-state index in [4.69, 9.17) is 15.5 Å². The van der Waals surface area contributed by atoms with Gasteiger partial charge in [0.2, 0.25) is 0 Å². The van der Waals surface area contributed by atoms with Gasteiger partial charge >= 0.3 is 5.97 Å². The fourth-order valence-electron chi connectivity index (χ4n) is 0.0873. The van der Waals surface area contributed by atoms with Crippen LogP contribution in [-0.4, -0.2) is 34.7 Å². The zero-order valence-electron chi connectivity index (χ0n) is 7.86. The molecule has 3 N–H and O–H groups in total. The van der Waals surface area contributed by atoms with E-state index in [1.54, 1.807) is 13.8 Å². The number of hydrogen-bond donors (Lipinski definition) is 3. The van der Waals surface area contributed by atoms with E-state index >= 15 is 0 Å². The van der Waals surface area contributed by atoms with Crippen molar-refractivity contribution in [3.63, 3.8) is 0 Å². The van der Waals surface area contributed by atoms with Gasteiger partial charge in [-0.25, -0.2) is 4.79 Å². The highest BCUT2D eigenvalue weighted by molar-refractivity contribution is 5.80. The number of aliphatic hydroxyl groups excluding tert-OH is 2. The lowest BCUT2D eigenvalue weighted by molar-refractivity contribution is -0.228. The molecule has 78 valence electrons. The molecule has 0 aromatic rings. The molecule has 0 radical (unpaired) electrons. The number of aliphatic hydroxyl groups is 2. The Hall–Kier alpha value is -0.910. The topological polar surface area (TPSA) is 87.0 Å². The fraction of sp³-hybridized carbons (Fsp3) is 0.625. The van der Waals surface area contributed by atoms with Gasteiger partial charge in [-0.15, -0.1) is 0 Å². The Morgan fingerprint density at radius 3 is 1.85 bits per heavy atom. The van der Waals surface area contributed by atoms with Crippen LogP contribution in [0.3, 0.4) is 0 Å². The molecule has 0 spiro atoms. The van der Waals surface area contributed by atoms with E-state index in [1.807, 2.05) is 0 Å². The molecule has 0 aliphatic carbocycles. The predicted molar refractivity (Wildman–Crippen MR) is 46.9 cm³/mol. The van der Waals surface area contributed by atoms with Gasteiger partial charge < -0.3 is 10.2 Å². The second kappa shape index (κ2) is 7.72. The zero-order valence-corrected chi connectivity index (χ0v) is 7.86. The lowest BCUT2D eigenvalue weighted by atomic mass is 9.97. The highest BCUT2D eigenvalue weighted by atomic mass is 17.1. The van der Waals surface area contributed by atoms with Gasteiger partial charge in [-0.2, -0.15) is 5.26 Å². The van der Waals surface area contributed by atoms with Crippen LogP contribution in [0.25, 0.3) is 0 Å². The highest BCUT2D eigenvalue weighted by Crippen LogP contribution is 2.10. The minimum absolute atomic E-state index is 0.0451. The minimum atomic E-state index is -0.838. The fourth-order valence-corrected chi connectivity index (χ4v) is 0.0873. The number of rotatable bonds is 3. The molecular formula is C8H16O5. The summed E-state index contributed by atoms with van der Waals surface area (Å²) in [5, 5.41) is 24.3. The van der Waals surface area contributed by atoms with Crippen molar-refractivity contribution in [1.29, 1.82) is 0 Å². The quantitative estimate of drug-likeness (QED) is 0.337. The van der Waals surface area contributed by atoms with Crippen molar-refractivity contribution in [2.45, 2.75) is 13.8 Å². The molecule has 0 aromatic heterocycles. The molecule has 0 fully saturated rings. The average molecular weight is 192 g/mol. The molecule has 0 aromatic carbocycles. The summed E-state index contributed by atoms with van der Waals surface area (Å²) >= 11 is 0. The third-order valence-corrected chi connectivity index (χ3v) is 1.11. The van der Waals surface area contributed by atoms with Gasteiger partial charge in [-0.1, -0.05) is 20.4 Å². The molecule has 0 saturated carbocycles. The van der Waals surface area contributed by atoms with Gasteiger partial charge in [0.15, 0.2) is 0 Å². The van der Waals surface area contributed by atoms with E-state index in [9.17, 15) is 4.79 Å². The summed E-state index contributed by atoms with van der Waals surface area (Å²) < 4.78 is 0. The Balaban J connectivity index is 0. The first-order valence-electron chi connectivity index (χ1n) is 3.63. The molecule has 0 rings (SSSR count). The van der Waals surface area contributed by atoms with Gasteiger partial charge in [0.1, 0.15) is 0 Å². The van der Waals surface area contributed by atoms with Crippen LogP contribution in [0, 0.1) is 5.41 Å². The summed E-state index contributed by atoms with van der Waals surface area (Å²) in [6, 6.07) is 0. The number of hydrogen-bond acceptors (Lipinski definition) is 5. The maximum absolute atomic E-state index is 9.59. The van der Waals surface area contributed by atoms with Gasteiger partial charge in [-0.05, 0) is 0 Å². The van der Waals surface area contributed by atoms with Crippen molar-refractivity contribution in [1.82, 2.24) is 0 Å². The SMILES string of the molecule is C=CC(=O)OO.CC(C)(CO)CO. The van der Waals surface area contributed by atoms with E-state index in [0.29, 0.717) is 0 Å². The van der Waals surface area contributed by atoms with Crippen LogP contribution in [0.5, 0.6) is 0 Å². The molecule has 0 amide bonds. The largest absolute Gasteiger partial charge is 0.396 e. The average Bonchev–Trinajstić information content (AvgIpc) is 2.17. The number of carbonyl (C=O) groups is 1. The molecule has 13 heavy (non-hydrogen) atoms. The Morgan fingerprint density at radius 2 is 1.85 bits per heavy atom. The normalized spacial score (nSPS) is 9.62. The minimum Gasteiger partial charge on any atom is -0.396 e. The highest BCUT2D eigenvalue weighted by Gasteiger charge is 2.13. The zero-order chi connectivity index (χ0) is 10.9. The summed E-state index contributed by atoms with van der Waals surface area (Å²) in [6.45, 7) is 6.68. The van der Waals surface area contributed by atoms with E-state index in [0.717, 1.165) is 6.08 Å². The Kier molecular flexibility index (Phi) is 8.68. The molecule has 0 bridgehead atoms. The lowest BCUT2D eigenvalue weighted by Crippen LogP contribution is -2.20. The van der Waals surface area contributed by atoms with Gasteiger partial charge in [-0.3, -0.25) is 4.89 Å². The van der Waals surface area contributed by atoms with Gasteiger partial charge in [0.05, 0.1) is 13.2 Å². The first-order chi connectivity index (χ1) is 5.93.